The summed E-state index contributed by atoms with van der Waals surface area (Å²) in [4.78, 5) is 13.4. The number of amides is 1. The number of hydrogen-bond acceptors (Lipinski definition) is 6. The fraction of sp³-hybridized carbons (Fsp3) is 0.273. The van der Waals surface area contributed by atoms with Crippen molar-refractivity contribution in [1.82, 2.24) is 14.8 Å². The van der Waals surface area contributed by atoms with Crippen LogP contribution in [0.4, 0.5) is 10.1 Å². The van der Waals surface area contributed by atoms with Crippen molar-refractivity contribution in [3.05, 3.63) is 54.3 Å². The predicted octanol–water partition coefficient (Wildman–Crippen LogP) is 5.09. The normalized spacial score (nSPS) is 10.8. The molecular weight excluding hydrogens is 433 g/mol. The minimum atomic E-state index is -0.360. The zero-order valence-corrected chi connectivity index (χ0v) is 18.8. The molecule has 31 heavy (non-hydrogen) atoms. The molecule has 0 aliphatic rings. The number of anilines is 1. The molecule has 3 rings (SSSR count). The Kier molecular flexibility index (Phi) is 8.09. The van der Waals surface area contributed by atoms with Gasteiger partial charge in [-0.05, 0) is 30.2 Å². The van der Waals surface area contributed by atoms with Crippen LogP contribution >= 0.6 is 23.5 Å². The minimum Gasteiger partial charge on any atom is -0.324 e. The Balaban J connectivity index is 1.74. The summed E-state index contributed by atoms with van der Waals surface area (Å²) in [5.74, 6) is 0.623. The highest BCUT2D eigenvalue weighted by molar-refractivity contribution is 8.00. The smallest absolute Gasteiger partial charge is 0.234 e. The zero-order chi connectivity index (χ0) is 22.2. The third-order valence-corrected chi connectivity index (χ3v) is 6.07. The van der Waals surface area contributed by atoms with Gasteiger partial charge in [-0.1, -0.05) is 49.9 Å². The maximum atomic E-state index is 14.3. The van der Waals surface area contributed by atoms with Crippen molar-refractivity contribution in [2.75, 3.05) is 16.8 Å². The average molecular weight is 456 g/mol. The van der Waals surface area contributed by atoms with E-state index >= 15 is 0 Å². The second-order valence-electron chi connectivity index (χ2n) is 7.07. The van der Waals surface area contributed by atoms with Gasteiger partial charge in [0.15, 0.2) is 11.0 Å². The first kappa shape index (κ1) is 22.8. The van der Waals surface area contributed by atoms with Crippen molar-refractivity contribution >= 4 is 35.1 Å². The van der Waals surface area contributed by atoms with E-state index < -0.39 is 0 Å². The van der Waals surface area contributed by atoms with Crippen LogP contribution in [0.1, 0.15) is 13.8 Å². The number of halogens is 1. The first-order chi connectivity index (χ1) is 15.0. The summed E-state index contributed by atoms with van der Waals surface area (Å²) < 4.78 is 16.2. The SMILES string of the molecule is CC(C)Cn1c(SCC(=O)Nc2ccccc2SCC#N)nnc1-c1ccccc1F. The van der Waals surface area contributed by atoms with E-state index in [2.05, 4.69) is 35.4 Å². The second-order valence-corrected chi connectivity index (χ2v) is 9.03. The number of carbonyl (C=O) groups is 1. The number of para-hydroxylation sites is 1. The van der Waals surface area contributed by atoms with Crippen molar-refractivity contribution in [2.24, 2.45) is 5.92 Å². The average Bonchev–Trinajstić information content (AvgIpc) is 3.13. The summed E-state index contributed by atoms with van der Waals surface area (Å²) in [6, 6.07) is 15.9. The van der Waals surface area contributed by atoms with Gasteiger partial charge in [-0.2, -0.15) is 5.26 Å². The molecule has 0 saturated heterocycles. The van der Waals surface area contributed by atoms with Crippen molar-refractivity contribution in [2.45, 2.75) is 30.4 Å². The Morgan fingerprint density at radius 1 is 1.16 bits per heavy atom. The highest BCUT2D eigenvalue weighted by Gasteiger charge is 2.19. The van der Waals surface area contributed by atoms with Crippen LogP contribution in [0.15, 0.2) is 58.6 Å². The van der Waals surface area contributed by atoms with E-state index in [1.54, 1.807) is 24.3 Å². The van der Waals surface area contributed by atoms with Gasteiger partial charge >= 0.3 is 0 Å². The molecular formula is C22H22FN5OS2. The number of benzene rings is 2. The Morgan fingerprint density at radius 2 is 1.90 bits per heavy atom. The molecule has 3 aromatic rings. The van der Waals surface area contributed by atoms with Gasteiger partial charge in [0.05, 0.1) is 28.8 Å². The van der Waals surface area contributed by atoms with Crippen LogP contribution < -0.4 is 5.32 Å². The maximum absolute atomic E-state index is 14.3. The van der Waals surface area contributed by atoms with Crippen LogP contribution in [0, 0.1) is 23.1 Å². The second kappa shape index (κ2) is 11.0. The lowest BCUT2D eigenvalue weighted by molar-refractivity contribution is -0.113. The third kappa shape index (κ3) is 6.09. The quantitative estimate of drug-likeness (QED) is 0.453. The van der Waals surface area contributed by atoms with Crippen LogP contribution in [0.3, 0.4) is 0 Å². The lowest BCUT2D eigenvalue weighted by atomic mass is 10.2. The third-order valence-electron chi connectivity index (χ3n) is 4.17. The molecule has 6 nitrogen and oxygen atoms in total. The van der Waals surface area contributed by atoms with E-state index in [1.807, 2.05) is 22.8 Å². The van der Waals surface area contributed by atoms with Crippen LogP contribution in [0.2, 0.25) is 0 Å². The first-order valence-electron chi connectivity index (χ1n) is 9.69. The minimum absolute atomic E-state index is 0.130. The van der Waals surface area contributed by atoms with Gasteiger partial charge in [0, 0.05) is 11.4 Å². The number of nitriles is 1. The molecule has 1 aromatic heterocycles. The molecule has 0 unspecified atom stereocenters. The molecule has 2 aromatic carbocycles. The summed E-state index contributed by atoms with van der Waals surface area (Å²) in [5.41, 5.74) is 1.06. The lowest BCUT2D eigenvalue weighted by Crippen LogP contribution is -2.15. The number of hydrogen-bond donors (Lipinski definition) is 1. The zero-order valence-electron chi connectivity index (χ0n) is 17.2. The lowest BCUT2D eigenvalue weighted by Gasteiger charge is -2.13. The Labute approximate surface area is 189 Å². The predicted molar refractivity (Wildman–Crippen MR) is 122 cm³/mol. The molecule has 0 aliphatic carbocycles. The summed E-state index contributed by atoms with van der Waals surface area (Å²) in [6.45, 7) is 4.72. The fourth-order valence-electron chi connectivity index (χ4n) is 2.89. The van der Waals surface area contributed by atoms with Crippen LogP contribution in [0.25, 0.3) is 11.4 Å². The number of thioether (sulfide) groups is 2. The number of nitrogens with one attached hydrogen (secondary N) is 1. The topological polar surface area (TPSA) is 83.6 Å². The van der Waals surface area contributed by atoms with Crippen LogP contribution in [-0.4, -0.2) is 32.2 Å². The standard InChI is InChI=1S/C22H22FN5OS2/c1-15(2)13-28-21(16-7-3-4-8-17(16)23)26-27-22(28)31-14-20(29)25-18-9-5-6-10-19(18)30-12-11-24/h3-10,15H,12-14H2,1-2H3,(H,25,29). The molecule has 0 fully saturated rings. The molecule has 9 heteroatoms. The fourth-order valence-corrected chi connectivity index (χ4v) is 4.31. The van der Waals surface area contributed by atoms with Crippen LogP contribution in [-0.2, 0) is 11.3 Å². The number of nitrogens with zero attached hydrogens (tertiary/aromatic N) is 4. The summed E-state index contributed by atoms with van der Waals surface area (Å²) >= 11 is 2.63. The number of aromatic nitrogens is 3. The Hall–Kier alpha value is -2.83. The van der Waals surface area contributed by atoms with Crippen molar-refractivity contribution in [3.8, 4) is 17.5 Å². The largest absolute Gasteiger partial charge is 0.324 e. The molecule has 1 heterocycles. The van der Waals surface area contributed by atoms with Gasteiger partial charge in [-0.3, -0.25) is 4.79 Å². The van der Waals surface area contributed by atoms with E-state index in [9.17, 15) is 9.18 Å². The van der Waals surface area contributed by atoms with Crippen molar-refractivity contribution in [1.29, 1.82) is 5.26 Å². The molecule has 0 aliphatic heterocycles. The van der Waals surface area contributed by atoms with Crippen LogP contribution in [0.5, 0.6) is 0 Å². The van der Waals surface area contributed by atoms with Crippen molar-refractivity contribution in [3.63, 3.8) is 0 Å². The Bertz CT molecular complexity index is 1090. The molecule has 0 atom stereocenters. The molecule has 0 radical (unpaired) electrons. The molecule has 0 saturated carbocycles. The molecule has 1 amide bonds. The van der Waals surface area contributed by atoms with Gasteiger partial charge in [-0.15, -0.1) is 22.0 Å². The van der Waals surface area contributed by atoms with E-state index in [4.69, 9.17) is 5.26 Å². The number of carbonyl (C=O) groups excluding carboxylic acids is 1. The highest BCUT2D eigenvalue weighted by atomic mass is 32.2. The number of rotatable bonds is 9. The maximum Gasteiger partial charge on any atom is 0.234 e. The highest BCUT2D eigenvalue weighted by Crippen LogP contribution is 2.29. The van der Waals surface area contributed by atoms with Gasteiger partial charge in [-0.25, -0.2) is 4.39 Å². The van der Waals surface area contributed by atoms with E-state index in [0.29, 0.717) is 40.4 Å². The van der Waals surface area contributed by atoms with Gasteiger partial charge in [0.2, 0.25) is 5.91 Å². The van der Waals surface area contributed by atoms with E-state index in [0.717, 1.165) is 4.90 Å². The molecule has 0 bridgehead atoms. The molecule has 0 spiro atoms. The van der Waals surface area contributed by atoms with Gasteiger partial charge < -0.3 is 9.88 Å². The van der Waals surface area contributed by atoms with Gasteiger partial charge in [0.25, 0.3) is 0 Å². The summed E-state index contributed by atoms with van der Waals surface area (Å²) in [5, 5.41) is 20.7. The molecule has 160 valence electrons. The molecule has 1 N–H and O–H groups in total. The van der Waals surface area contributed by atoms with Gasteiger partial charge in [0.1, 0.15) is 5.82 Å². The summed E-state index contributed by atoms with van der Waals surface area (Å²) in [6.07, 6.45) is 0. The Morgan fingerprint density at radius 3 is 2.65 bits per heavy atom. The summed E-state index contributed by atoms with van der Waals surface area (Å²) in [7, 11) is 0. The first-order valence-corrected chi connectivity index (χ1v) is 11.7. The van der Waals surface area contributed by atoms with E-state index in [-0.39, 0.29) is 17.5 Å². The monoisotopic (exact) mass is 455 g/mol. The van der Waals surface area contributed by atoms with Crippen molar-refractivity contribution < 1.29 is 9.18 Å². The van der Waals surface area contributed by atoms with E-state index in [1.165, 1.54) is 29.6 Å².